The zero-order chi connectivity index (χ0) is 14.8. The molecule has 0 amide bonds. The molecule has 0 spiro atoms. The first-order chi connectivity index (χ1) is 10.2. The van der Waals surface area contributed by atoms with Crippen molar-refractivity contribution < 1.29 is 8.91 Å². The highest BCUT2D eigenvalue weighted by atomic mass is 79.9. The van der Waals surface area contributed by atoms with Gasteiger partial charge in [0.2, 0.25) is 11.7 Å². The average molecular weight is 354 g/mol. The third kappa shape index (κ3) is 3.01. The van der Waals surface area contributed by atoms with Gasteiger partial charge in [-0.15, -0.1) is 0 Å². The lowest BCUT2D eigenvalue weighted by atomic mass is 10.0. The first kappa shape index (κ1) is 14.7. The van der Waals surface area contributed by atoms with Crippen LogP contribution < -0.4 is 5.32 Å². The number of aromatic nitrogens is 2. The molecule has 1 N–H and O–H groups in total. The van der Waals surface area contributed by atoms with Crippen molar-refractivity contribution in [3.8, 4) is 11.4 Å². The van der Waals surface area contributed by atoms with Gasteiger partial charge < -0.3 is 9.84 Å². The number of benzene rings is 1. The maximum atomic E-state index is 13.3. The Kier molecular flexibility index (Phi) is 4.35. The van der Waals surface area contributed by atoms with E-state index in [0.29, 0.717) is 22.2 Å². The van der Waals surface area contributed by atoms with Crippen molar-refractivity contribution in [3.63, 3.8) is 0 Å². The molecule has 1 aromatic carbocycles. The molecule has 4 nitrogen and oxygen atoms in total. The van der Waals surface area contributed by atoms with Crippen LogP contribution in [0.2, 0.25) is 0 Å². The Morgan fingerprint density at radius 1 is 1.43 bits per heavy atom. The molecular weight excluding hydrogens is 337 g/mol. The topological polar surface area (TPSA) is 51.0 Å². The minimum atomic E-state index is -0.300. The Labute approximate surface area is 131 Å². The summed E-state index contributed by atoms with van der Waals surface area (Å²) in [5.41, 5.74) is 0.747. The van der Waals surface area contributed by atoms with Gasteiger partial charge in [-0.05, 0) is 53.5 Å². The van der Waals surface area contributed by atoms with Crippen LogP contribution in [0.15, 0.2) is 27.2 Å². The van der Waals surface area contributed by atoms with E-state index in [-0.39, 0.29) is 11.7 Å². The molecule has 1 aliphatic rings. The van der Waals surface area contributed by atoms with Crippen molar-refractivity contribution in [2.24, 2.45) is 0 Å². The van der Waals surface area contributed by atoms with Crippen molar-refractivity contribution in [3.05, 3.63) is 34.4 Å². The van der Waals surface area contributed by atoms with E-state index in [1.54, 1.807) is 12.1 Å². The summed E-state index contributed by atoms with van der Waals surface area (Å²) in [4.78, 5) is 4.50. The summed E-state index contributed by atoms with van der Waals surface area (Å²) >= 11 is 3.18. The molecule has 6 heteroatoms. The standard InChI is InChI=1S/C15H17BrFN3O/c1-2-18-13-5-3-4-10(13)15-19-14(20-21-15)9-6-7-12(17)11(16)8-9/h6-8,10,13,18H,2-5H2,1H3. The minimum Gasteiger partial charge on any atom is -0.339 e. The van der Waals surface area contributed by atoms with Crippen LogP contribution in [-0.2, 0) is 0 Å². The van der Waals surface area contributed by atoms with Crippen LogP contribution in [-0.4, -0.2) is 22.7 Å². The molecule has 0 aliphatic heterocycles. The molecule has 1 aromatic heterocycles. The van der Waals surface area contributed by atoms with Gasteiger partial charge in [0.25, 0.3) is 0 Å². The van der Waals surface area contributed by atoms with E-state index >= 15 is 0 Å². The van der Waals surface area contributed by atoms with E-state index in [9.17, 15) is 4.39 Å². The summed E-state index contributed by atoms with van der Waals surface area (Å²) in [5, 5.41) is 7.51. The van der Waals surface area contributed by atoms with Crippen molar-refractivity contribution in [1.82, 2.24) is 15.5 Å². The Balaban J connectivity index is 1.84. The van der Waals surface area contributed by atoms with Crippen LogP contribution in [0.3, 0.4) is 0 Å². The molecule has 1 aliphatic carbocycles. The monoisotopic (exact) mass is 353 g/mol. The van der Waals surface area contributed by atoms with Crippen LogP contribution in [0.1, 0.15) is 38.0 Å². The van der Waals surface area contributed by atoms with Crippen LogP contribution in [0.5, 0.6) is 0 Å². The van der Waals surface area contributed by atoms with Crippen LogP contribution in [0.4, 0.5) is 4.39 Å². The maximum Gasteiger partial charge on any atom is 0.231 e. The SMILES string of the molecule is CCNC1CCCC1c1nc(-c2ccc(F)c(Br)c2)no1. The smallest absolute Gasteiger partial charge is 0.231 e. The average Bonchev–Trinajstić information content (AvgIpc) is 3.10. The molecular formula is C15H17BrFN3O. The highest BCUT2D eigenvalue weighted by Gasteiger charge is 2.32. The molecule has 21 heavy (non-hydrogen) atoms. The first-order valence-corrected chi connectivity index (χ1v) is 8.00. The molecule has 2 unspecified atom stereocenters. The fraction of sp³-hybridized carbons (Fsp3) is 0.467. The van der Waals surface area contributed by atoms with Gasteiger partial charge in [-0.3, -0.25) is 0 Å². The van der Waals surface area contributed by atoms with Gasteiger partial charge in [-0.1, -0.05) is 18.5 Å². The second-order valence-electron chi connectivity index (χ2n) is 5.29. The van der Waals surface area contributed by atoms with Crippen LogP contribution >= 0.6 is 15.9 Å². The summed E-state index contributed by atoms with van der Waals surface area (Å²) in [7, 11) is 0. The van der Waals surface area contributed by atoms with E-state index in [4.69, 9.17) is 4.52 Å². The zero-order valence-electron chi connectivity index (χ0n) is 11.8. The molecule has 0 bridgehead atoms. The second-order valence-corrected chi connectivity index (χ2v) is 6.14. The van der Waals surface area contributed by atoms with Crippen molar-refractivity contribution in [1.29, 1.82) is 0 Å². The summed E-state index contributed by atoms with van der Waals surface area (Å²) in [5.74, 6) is 1.15. The molecule has 2 atom stereocenters. The highest BCUT2D eigenvalue weighted by molar-refractivity contribution is 9.10. The minimum absolute atomic E-state index is 0.273. The lowest BCUT2D eigenvalue weighted by molar-refractivity contribution is 0.332. The number of hydrogen-bond acceptors (Lipinski definition) is 4. The van der Waals surface area contributed by atoms with Gasteiger partial charge in [0.1, 0.15) is 5.82 Å². The van der Waals surface area contributed by atoms with Gasteiger partial charge in [-0.25, -0.2) is 4.39 Å². The number of hydrogen-bond donors (Lipinski definition) is 1. The second kappa shape index (κ2) is 6.23. The summed E-state index contributed by atoms with van der Waals surface area (Å²) in [6.07, 6.45) is 3.37. The fourth-order valence-electron chi connectivity index (χ4n) is 2.90. The zero-order valence-corrected chi connectivity index (χ0v) is 13.4. The number of halogens is 2. The normalized spacial score (nSPS) is 21.9. The van der Waals surface area contributed by atoms with Crippen molar-refractivity contribution in [2.75, 3.05) is 6.54 Å². The Hall–Kier alpha value is -1.27. The Morgan fingerprint density at radius 3 is 3.05 bits per heavy atom. The van der Waals surface area contributed by atoms with E-state index in [1.165, 1.54) is 12.5 Å². The number of rotatable bonds is 4. The third-order valence-corrected chi connectivity index (χ3v) is 4.53. The van der Waals surface area contributed by atoms with Gasteiger partial charge in [0.05, 0.1) is 10.4 Å². The fourth-order valence-corrected chi connectivity index (χ4v) is 3.28. The lowest BCUT2D eigenvalue weighted by Crippen LogP contribution is -2.31. The predicted molar refractivity (Wildman–Crippen MR) is 81.4 cm³/mol. The summed E-state index contributed by atoms with van der Waals surface area (Å²) in [6, 6.07) is 5.13. The molecule has 2 aromatic rings. The van der Waals surface area contributed by atoms with Crippen molar-refractivity contribution in [2.45, 2.75) is 38.1 Å². The molecule has 0 saturated heterocycles. The first-order valence-electron chi connectivity index (χ1n) is 7.21. The molecule has 3 rings (SSSR count). The van der Waals surface area contributed by atoms with E-state index in [2.05, 4.69) is 38.3 Å². The largest absolute Gasteiger partial charge is 0.339 e. The van der Waals surface area contributed by atoms with Gasteiger partial charge in [0.15, 0.2) is 0 Å². The summed E-state index contributed by atoms with van der Waals surface area (Å²) < 4.78 is 19.1. The van der Waals surface area contributed by atoms with Crippen molar-refractivity contribution >= 4 is 15.9 Å². The molecule has 1 saturated carbocycles. The van der Waals surface area contributed by atoms with Crippen LogP contribution in [0, 0.1) is 5.82 Å². The highest BCUT2D eigenvalue weighted by Crippen LogP contribution is 2.34. The quantitative estimate of drug-likeness (QED) is 0.905. The Morgan fingerprint density at radius 2 is 2.29 bits per heavy atom. The molecule has 1 heterocycles. The van der Waals surface area contributed by atoms with Gasteiger partial charge in [0, 0.05) is 11.6 Å². The van der Waals surface area contributed by atoms with Crippen LogP contribution in [0.25, 0.3) is 11.4 Å². The molecule has 112 valence electrons. The van der Waals surface area contributed by atoms with Gasteiger partial charge in [-0.2, -0.15) is 4.98 Å². The number of nitrogens with one attached hydrogen (secondary N) is 1. The Bertz CT molecular complexity index is 631. The molecule has 0 radical (unpaired) electrons. The van der Waals surface area contributed by atoms with Gasteiger partial charge >= 0.3 is 0 Å². The number of nitrogens with zero attached hydrogens (tertiary/aromatic N) is 2. The van der Waals surface area contributed by atoms with E-state index in [1.807, 2.05) is 0 Å². The number of likely N-dealkylation sites (N-methyl/N-ethyl adjacent to an activating group) is 1. The lowest BCUT2D eigenvalue weighted by Gasteiger charge is -2.16. The summed E-state index contributed by atoms with van der Waals surface area (Å²) in [6.45, 7) is 3.04. The maximum absolute atomic E-state index is 13.3. The predicted octanol–water partition coefficient (Wildman–Crippen LogP) is 3.88. The van der Waals surface area contributed by atoms with E-state index < -0.39 is 0 Å². The molecule has 1 fully saturated rings. The third-order valence-electron chi connectivity index (χ3n) is 3.92. The van der Waals surface area contributed by atoms with E-state index in [0.717, 1.165) is 24.9 Å².